The highest BCUT2D eigenvalue weighted by Crippen LogP contribution is 2.36. The van der Waals surface area contributed by atoms with Gasteiger partial charge in [-0.15, -0.1) is 0 Å². The fourth-order valence-electron chi connectivity index (χ4n) is 1.95. The molecule has 0 aromatic heterocycles. The normalized spacial score (nSPS) is 43.7. The van der Waals surface area contributed by atoms with E-state index in [4.69, 9.17) is 0 Å². The molecule has 0 aromatic carbocycles. The Morgan fingerprint density at radius 1 is 1.11 bits per heavy atom. The van der Waals surface area contributed by atoms with Crippen molar-refractivity contribution in [1.82, 2.24) is 0 Å². The Hall–Kier alpha value is 0. The first-order valence-electron chi connectivity index (χ1n) is 4.24. The van der Waals surface area contributed by atoms with E-state index in [1.165, 1.54) is 19.3 Å². The number of hydrogen-bond donors (Lipinski definition) is 0. The third-order valence-corrected chi connectivity index (χ3v) is 2.96. The zero-order chi connectivity index (χ0) is 6.85. The van der Waals surface area contributed by atoms with Crippen molar-refractivity contribution in [2.24, 2.45) is 17.8 Å². The molecule has 54 valence electrons. The van der Waals surface area contributed by atoms with E-state index in [2.05, 4.69) is 20.8 Å². The van der Waals surface area contributed by atoms with E-state index in [1.54, 1.807) is 0 Å². The fraction of sp³-hybridized carbons (Fsp3) is 1.00. The fourth-order valence-corrected chi connectivity index (χ4v) is 1.95. The molecule has 1 fully saturated rings. The van der Waals surface area contributed by atoms with Gasteiger partial charge in [-0.2, -0.15) is 0 Å². The van der Waals surface area contributed by atoms with Crippen LogP contribution in [-0.4, -0.2) is 0 Å². The lowest BCUT2D eigenvalue weighted by Gasteiger charge is -2.04. The zero-order valence-corrected chi connectivity index (χ0v) is 6.85. The van der Waals surface area contributed by atoms with E-state index in [9.17, 15) is 0 Å². The first-order chi connectivity index (χ1) is 4.24. The molecule has 1 aliphatic carbocycles. The van der Waals surface area contributed by atoms with Crippen LogP contribution in [0.2, 0.25) is 0 Å². The molecule has 1 saturated carbocycles. The summed E-state index contributed by atoms with van der Waals surface area (Å²) in [6.07, 6.45) is 4.37. The lowest BCUT2D eigenvalue weighted by molar-refractivity contribution is 0.457. The molecule has 0 N–H and O–H groups in total. The zero-order valence-electron chi connectivity index (χ0n) is 6.85. The van der Waals surface area contributed by atoms with Crippen molar-refractivity contribution < 1.29 is 0 Å². The number of hydrogen-bond acceptors (Lipinski definition) is 0. The van der Waals surface area contributed by atoms with Crippen LogP contribution in [0, 0.1) is 17.8 Å². The largest absolute Gasteiger partial charge is 0.0651 e. The highest BCUT2D eigenvalue weighted by Gasteiger charge is 2.26. The van der Waals surface area contributed by atoms with Crippen LogP contribution in [0.25, 0.3) is 0 Å². The summed E-state index contributed by atoms with van der Waals surface area (Å²) in [4.78, 5) is 0. The molecular weight excluding hydrogens is 108 g/mol. The SMILES string of the molecule is CCC1CC(C)[C@@H](C)C1. The average molecular weight is 126 g/mol. The van der Waals surface area contributed by atoms with E-state index in [0.29, 0.717) is 0 Å². The van der Waals surface area contributed by atoms with Gasteiger partial charge >= 0.3 is 0 Å². The summed E-state index contributed by atoms with van der Waals surface area (Å²) in [5, 5.41) is 0. The van der Waals surface area contributed by atoms with Gasteiger partial charge in [-0.3, -0.25) is 0 Å². The van der Waals surface area contributed by atoms with Gasteiger partial charge in [0.15, 0.2) is 0 Å². The smallest absolute Gasteiger partial charge is 0.0412 e. The third kappa shape index (κ3) is 1.47. The first-order valence-corrected chi connectivity index (χ1v) is 4.24. The minimum atomic E-state index is 0.995. The van der Waals surface area contributed by atoms with Gasteiger partial charge in [-0.05, 0) is 30.6 Å². The summed E-state index contributed by atoms with van der Waals surface area (Å²) in [5.74, 6) is 3.04. The van der Waals surface area contributed by atoms with Crippen molar-refractivity contribution in [2.45, 2.75) is 40.0 Å². The van der Waals surface area contributed by atoms with Crippen LogP contribution < -0.4 is 0 Å². The van der Waals surface area contributed by atoms with E-state index in [1.807, 2.05) is 0 Å². The standard InChI is InChI=1S/C9H18/c1-4-9-5-7(2)8(3)6-9/h7-9H,4-6H2,1-3H3/t7-,8?,9?/m0/s1. The second-order valence-electron chi connectivity index (χ2n) is 3.70. The molecule has 0 heteroatoms. The summed E-state index contributed by atoms with van der Waals surface area (Å²) in [6.45, 7) is 7.09. The Bertz CT molecular complexity index is 76.0. The van der Waals surface area contributed by atoms with Crippen LogP contribution in [0.5, 0.6) is 0 Å². The molecule has 0 saturated heterocycles. The van der Waals surface area contributed by atoms with Crippen LogP contribution >= 0.6 is 0 Å². The van der Waals surface area contributed by atoms with Crippen LogP contribution in [0.1, 0.15) is 40.0 Å². The molecule has 9 heavy (non-hydrogen) atoms. The molecule has 2 unspecified atom stereocenters. The summed E-state index contributed by atoms with van der Waals surface area (Å²) in [7, 11) is 0. The lowest BCUT2D eigenvalue weighted by atomic mass is 10.0. The molecule has 1 aliphatic rings. The van der Waals surface area contributed by atoms with Crippen molar-refractivity contribution in [3.05, 3.63) is 0 Å². The molecule has 0 radical (unpaired) electrons. The predicted molar refractivity (Wildman–Crippen MR) is 41.3 cm³/mol. The minimum absolute atomic E-state index is 0.995. The summed E-state index contributed by atoms with van der Waals surface area (Å²) < 4.78 is 0. The lowest BCUT2D eigenvalue weighted by Crippen LogP contribution is -1.95. The molecule has 0 heterocycles. The van der Waals surface area contributed by atoms with Gasteiger partial charge in [-0.1, -0.05) is 27.2 Å². The quantitative estimate of drug-likeness (QED) is 0.506. The minimum Gasteiger partial charge on any atom is -0.0651 e. The monoisotopic (exact) mass is 126 g/mol. The van der Waals surface area contributed by atoms with Crippen molar-refractivity contribution in [2.75, 3.05) is 0 Å². The average Bonchev–Trinajstić information content (AvgIpc) is 2.13. The van der Waals surface area contributed by atoms with E-state index in [-0.39, 0.29) is 0 Å². The van der Waals surface area contributed by atoms with Crippen LogP contribution in [0.4, 0.5) is 0 Å². The van der Waals surface area contributed by atoms with Crippen LogP contribution in [-0.2, 0) is 0 Å². The van der Waals surface area contributed by atoms with E-state index >= 15 is 0 Å². The molecule has 0 bridgehead atoms. The number of rotatable bonds is 1. The highest BCUT2D eigenvalue weighted by molar-refractivity contribution is 4.76. The van der Waals surface area contributed by atoms with Gasteiger partial charge in [0, 0.05) is 0 Å². The second-order valence-corrected chi connectivity index (χ2v) is 3.70. The molecule has 0 nitrogen and oxygen atoms in total. The molecule has 3 atom stereocenters. The second kappa shape index (κ2) is 2.72. The van der Waals surface area contributed by atoms with Crippen molar-refractivity contribution >= 4 is 0 Å². The Kier molecular flexibility index (Phi) is 2.15. The van der Waals surface area contributed by atoms with Gasteiger partial charge < -0.3 is 0 Å². The Morgan fingerprint density at radius 3 is 1.78 bits per heavy atom. The molecule has 0 spiro atoms. The van der Waals surface area contributed by atoms with Crippen molar-refractivity contribution in [1.29, 1.82) is 0 Å². The summed E-state index contributed by atoms with van der Waals surface area (Å²) >= 11 is 0. The maximum atomic E-state index is 2.39. The van der Waals surface area contributed by atoms with E-state index in [0.717, 1.165) is 17.8 Å². The van der Waals surface area contributed by atoms with Crippen molar-refractivity contribution in [3.8, 4) is 0 Å². The summed E-state index contributed by atoms with van der Waals surface area (Å²) in [5.41, 5.74) is 0. The molecule has 0 aromatic rings. The van der Waals surface area contributed by atoms with Gasteiger partial charge in [0.2, 0.25) is 0 Å². The molecule has 1 rings (SSSR count). The van der Waals surface area contributed by atoms with E-state index < -0.39 is 0 Å². The summed E-state index contributed by atoms with van der Waals surface area (Å²) in [6, 6.07) is 0. The third-order valence-electron chi connectivity index (χ3n) is 2.96. The maximum Gasteiger partial charge on any atom is -0.0412 e. The Morgan fingerprint density at radius 2 is 1.56 bits per heavy atom. The Balaban J connectivity index is 2.35. The molecular formula is C9H18. The van der Waals surface area contributed by atoms with Gasteiger partial charge in [0.05, 0.1) is 0 Å². The first kappa shape index (κ1) is 7.11. The maximum absolute atomic E-state index is 2.39. The van der Waals surface area contributed by atoms with Crippen molar-refractivity contribution in [3.63, 3.8) is 0 Å². The van der Waals surface area contributed by atoms with Gasteiger partial charge in [0.1, 0.15) is 0 Å². The molecule has 0 amide bonds. The van der Waals surface area contributed by atoms with Crippen LogP contribution in [0.3, 0.4) is 0 Å². The highest BCUT2D eigenvalue weighted by atomic mass is 14.3. The van der Waals surface area contributed by atoms with Gasteiger partial charge in [-0.25, -0.2) is 0 Å². The van der Waals surface area contributed by atoms with Crippen LogP contribution in [0.15, 0.2) is 0 Å². The topological polar surface area (TPSA) is 0 Å². The predicted octanol–water partition coefficient (Wildman–Crippen LogP) is 3.08. The van der Waals surface area contributed by atoms with Gasteiger partial charge in [0.25, 0.3) is 0 Å². The molecule has 0 aliphatic heterocycles. The Labute approximate surface area is 58.7 Å².